The molecule has 1 amide bonds. The van der Waals surface area contributed by atoms with Gasteiger partial charge in [0.25, 0.3) is 0 Å². The first-order chi connectivity index (χ1) is 11.3. The van der Waals surface area contributed by atoms with Crippen molar-refractivity contribution in [1.82, 2.24) is 9.62 Å². The minimum Gasteiger partial charge on any atom is -0.450 e. The minimum absolute atomic E-state index is 0.0909. The maximum atomic E-state index is 12.5. The Bertz CT molecular complexity index is 735. The predicted molar refractivity (Wildman–Crippen MR) is 90.6 cm³/mol. The Morgan fingerprint density at radius 1 is 1.38 bits per heavy atom. The molecule has 9 heteroatoms. The van der Waals surface area contributed by atoms with Crippen molar-refractivity contribution in [3.63, 3.8) is 0 Å². The molecule has 130 valence electrons. The van der Waals surface area contributed by atoms with Crippen LogP contribution in [0.25, 0.3) is 0 Å². The number of hydrogen-bond acceptors (Lipinski definition) is 5. The second-order valence-corrected chi connectivity index (χ2v) is 8.04. The molecule has 0 aliphatic carbocycles. The number of benzene rings is 1. The Morgan fingerprint density at radius 3 is 2.46 bits per heavy atom. The van der Waals surface area contributed by atoms with Crippen molar-refractivity contribution in [3.05, 3.63) is 28.7 Å². The lowest BCUT2D eigenvalue weighted by molar-refractivity contribution is 0.0914. The van der Waals surface area contributed by atoms with Gasteiger partial charge in [-0.25, -0.2) is 13.2 Å². The quantitative estimate of drug-likeness (QED) is 0.812. The van der Waals surface area contributed by atoms with Crippen LogP contribution in [0, 0.1) is 11.3 Å². The number of nitrogens with one attached hydrogen (secondary N) is 1. The zero-order valence-corrected chi connectivity index (χ0v) is 15.6. The number of carbonyl (C=O) groups is 1. The van der Waals surface area contributed by atoms with E-state index in [9.17, 15) is 18.5 Å². The number of piperidine rings is 1. The van der Waals surface area contributed by atoms with Crippen molar-refractivity contribution < 1.29 is 17.9 Å². The van der Waals surface area contributed by atoms with Crippen LogP contribution in [0.2, 0.25) is 0 Å². The zero-order chi connectivity index (χ0) is 17.8. The summed E-state index contributed by atoms with van der Waals surface area (Å²) in [6.45, 7) is 2.51. The third-order valence-electron chi connectivity index (χ3n) is 3.81. The van der Waals surface area contributed by atoms with Gasteiger partial charge in [0.2, 0.25) is 10.0 Å². The van der Waals surface area contributed by atoms with E-state index < -0.39 is 21.7 Å². The monoisotopic (exact) mass is 415 g/mol. The van der Waals surface area contributed by atoms with Gasteiger partial charge >= 0.3 is 6.09 Å². The summed E-state index contributed by atoms with van der Waals surface area (Å²) in [5.74, 6) is 0. The average Bonchev–Trinajstić information content (AvgIpc) is 2.55. The SMILES string of the molecule is CCOC(=O)N1CCC(C#N)(NS(=O)(=O)c2ccc(Br)cc2)CC1. The number of sulfonamides is 1. The first-order valence-corrected chi connectivity index (χ1v) is 9.72. The number of ether oxygens (including phenoxy) is 1. The van der Waals surface area contributed by atoms with Crippen molar-refractivity contribution in [2.45, 2.75) is 30.2 Å². The molecule has 1 aromatic rings. The van der Waals surface area contributed by atoms with Crippen LogP contribution in [0.15, 0.2) is 33.6 Å². The highest BCUT2D eigenvalue weighted by molar-refractivity contribution is 9.10. The lowest BCUT2D eigenvalue weighted by atomic mass is 9.90. The predicted octanol–water partition coefficient (Wildman–Crippen LogP) is 2.24. The van der Waals surface area contributed by atoms with Gasteiger partial charge < -0.3 is 9.64 Å². The molecule has 1 N–H and O–H groups in total. The van der Waals surface area contributed by atoms with E-state index in [2.05, 4.69) is 26.7 Å². The van der Waals surface area contributed by atoms with Gasteiger partial charge in [-0.15, -0.1) is 0 Å². The van der Waals surface area contributed by atoms with Gasteiger partial charge in [-0.2, -0.15) is 9.98 Å². The maximum absolute atomic E-state index is 12.5. The first kappa shape index (κ1) is 18.7. The molecular formula is C15H18BrN3O4S. The third-order valence-corrected chi connectivity index (χ3v) is 5.89. The molecule has 0 aromatic heterocycles. The number of rotatable bonds is 4. The number of hydrogen-bond donors (Lipinski definition) is 1. The summed E-state index contributed by atoms with van der Waals surface area (Å²) in [6.07, 6.45) is -0.0318. The molecule has 1 fully saturated rings. The second kappa shape index (κ2) is 7.51. The van der Waals surface area contributed by atoms with Crippen LogP contribution < -0.4 is 4.72 Å². The van der Waals surface area contributed by atoms with E-state index in [0.717, 1.165) is 4.47 Å². The molecule has 1 aromatic carbocycles. The van der Waals surface area contributed by atoms with Gasteiger partial charge in [-0.1, -0.05) is 15.9 Å². The maximum Gasteiger partial charge on any atom is 0.409 e. The van der Waals surface area contributed by atoms with E-state index in [1.54, 1.807) is 19.1 Å². The van der Waals surface area contributed by atoms with Crippen molar-refractivity contribution in [2.75, 3.05) is 19.7 Å². The molecule has 24 heavy (non-hydrogen) atoms. The van der Waals surface area contributed by atoms with E-state index >= 15 is 0 Å². The molecule has 2 rings (SSSR count). The van der Waals surface area contributed by atoms with Gasteiger partial charge in [0, 0.05) is 17.6 Å². The van der Waals surface area contributed by atoms with E-state index in [4.69, 9.17) is 4.74 Å². The molecular weight excluding hydrogens is 398 g/mol. The van der Waals surface area contributed by atoms with E-state index in [1.807, 2.05) is 0 Å². The van der Waals surface area contributed by atoms with Crippen LogP contribution in [-0.2, 0) is 14.8 Å². The Hall–Kier alpha value is -1.63. The molecule has 1 heterocycles. The fourth-order valence-electron chi connectivity index (χ4n) is 2.45. The molecule has 0 atom stereocenters. The normalized spacial score (nSPS) is 17.1. The second-order valence-electron chi connectivity index (χ2n) is 5.44. The van der Waals surface area contributed by atoms with Crippen LogP contribution in [0.5, 0.6) is 0 Å². The zero-order valence-electron chi connectivity index (χ0n) is 13.2. The summed E-state index contributed by atoms with van der Waals surface area (Å²) in [5.41, 5.74) is -1.23. The molecule has 0 saturated carbocycles. The van der Waals surface area contributed by atoms with Crippen LogP contribution in [0.1, 0.15) is 19.8 Å². The Morgan fingerprint density at radius 2 is 1.96 bits per heavy atom. The summed E-state index contributed by atoms with van der Waals surface area (Å²) in [5, 5.41) is 9.50. The molecule has 1 saturated heterocycles. The number of halogens is 1. The number of nitrogens with zero attached hydrogens (tertiary/aromatic N) is 2. The first-order valence-electron chi connectivity index (χ1n) is 7.44. The topological polar surface area (TPSA) is 99.5 Å². The summed E-state index contributed by atoms with van der Waals surface area (Å²) >= 11 is 3.25. The average molecular weight is 416 g/mol. The summed E-state index contributed by atoms with van der Waals surface area (Å²) in [7, 11) is -3.82. The molecule has 7 nitrogen and oxygen atoms in total. The van der Waals surface area contributed by atoms with Crippen LogP contribution in [0.3, 0.4) is 0 Å². The largest absolute Gasteiger partial charge is 0.450 e. The van der Waals surface area contributed by atoms with Crippen molar-refractivity contribution in [2.24, 2.45) is 0 Å². The Balaban J connectivity index is 2.11. The summed E-state index contributed by atoms with van der Waals surface area (Å²) in [6, 6.07) is 8.24. The lowest BCUT2D eigenvalue weighted by Crippen LogP contribution is -2.55. The lowest BCUT2D eigenvalue weighted by Gasteiger charge is -2.36. The minimum atomic E-state index is -3.82. The van der Waals surface area contributed by atoms with E-state index in [-0.39, 0.29) is 37.4 Å². The van der Waals surface area contributed by atoms with Crippen LogP contribution >= 0.6 is 15.9 Å². The number of likely N-dealkylation sites (tertiary alicyclic amines) is 1. The van der Waals surface area contributed by atoms with Crippen LogP contribution in [-0.4, -0.2) is 44.6 Å². The summed E-state index contributed by atoms with van der Waals surface area (Å²) < 4.78 is 33.2. The standard InChI is InChI=1S/C15H18BrN3O4S/c1-2-23-14(20)19-9-7-15(11-17,8-10-19)18-24(21,22)13-5-3-12(16)4-6-13/h3-6,18H,2,7-10H2,1H3. The van der Waals surface area contributed by atoms with Gasteiger partial charge in [-0.05, 0) is 44.0 Å². The van der Waals surface area contributed by atoms with Crippen LogP contribution in [0.4, 0.5) is 4.79 Å². The van der Waals surface area contributed by atoms with Gasteiger partial charge in [0.05, 0.1) is 17.6 Å². The van der Waals surface area contributed by atoms with Gasteiger partial charge in [-0.3, -0.25) is 0 Å². The molecule has 0 unspecified atom stereocenters. The van der Waals surface area contributed by atoms with Crippen molar-refractivity contribution in [1.29, 1.82) is 5.26 Å². The highest BCUT2D eigenvalue weighted by atomic mass is 79.9. The number of carbonyl (C=O) groups excluding carboxylic acids is 1. The molecule has 1 aliphatic heterocycles. The molecule has 1 aliphatic rings. The number of nitriles is 1. The van der Waals surface area contributed by atoms with Gasteiger partial charge in [0.15, 0.2) is 0 Å². The van der Waals surface area contributed by atoms with E-state index in [1.165, 1.54) is 17.0 Å². The molecule has 0 bridgehead atoms. The highest BCUT2D eigenvalue weighted by Crippen LogP contribution is 2.25. The van der Waals surface area contributed by atoms with Gasteiger partial charge in [0.1, 0.15) is 5.54 Å². The van der Waals surface area contributed by atoms with E-state index in [0.29, 0.717) is 0 Å². The van der Waals surface area contributed by atoms with Crippen molar-refractivity contribution >= 4 is 32.0 Å². The highest BCUT2D eigenvalue weighted by Gasteiger charge is 2.40. The summed E-state index contributed by atoms with van der Waals surface area (Å²) in [4.78, 5) is 13.3. The smallest absolute Gasteiger partial charge is 0.409 e. The van der Waals surface area contributed by atoms with Crippen molar-refractivity contribution in [3.8, 4) is 6.07 Å². The fourth-order valence-corrected chi connectivity index (χ4v) is 4.09. The third kappa shape index (κ3) is 4.26. The Kier molecular flexibility index (Phi) is 5.85. The molecule has 0 radical (unpaired) electrons. The fraction of sp³-hybridized carbons (Fsp3) is 0.467. The number of amides is 1. The molecule has 0 spiro atoms. The Labute approximate surface area is 149 Å².